The van der Waals surface area contributed by atoms with Crippen molar-refractivity contribution in [3.63, 3.8) is 0 Å². The minimum atomic E-state index is -0.562. The van der Waals surface area contributed by atoms with E-state index in [1.54, 1.807) is 0 Å². The van der Waals surface area contributed by atoms with Gasteiger partial charge in [0.15, 0.2) is 5.76 Å². The molecule has 1 saturated heterocycles. The zero-order chi connectivity index (χ0) is 10.7. The van der Waals surface area contributed by atoms with Crippen molar-refractivity contribution in [2.75, 3.05) is 13.1 Å². The maximum Gasteiger partial charge on any atom is 0.433 e. The molecule has 2 heterocycles. The monoisotopic (exact) mass is 209 g/mol. The topological polar surface area (TPSA) is 71.9 Å². The fourth-order valence-corrected chi connectivity index (χ4v) is 1.46. The highest BCUT2D eigenvalue weighted by Gasteiger charge is 2.11. The first-order chi connectivity index (χ1) is 7.25. The van der Waals surface area contributed by atoms with E-state index < -0.39 is 4.92 Å². The minimum absolute atomic E-state index is 0.252. The van der Waals surface area contributed by atoms with Gasteiger partial charge in [-0.3, -0.25) is 15.1 Å². The maximum absolute atomic E-state index is 10.3. The first kappa shape index (κ1) is 9.70. The van der Waals surface area contributed by atoms with Crippen molar-refractivity contribution in [1.82, 2.24) is 5.01 Å². The molecule has 2 rings (SSSR count). The summed E-state index contributed by atoms with van der Waals surface area (Å²) in [5, 5.41) is 16.4. The Bertz CT molecular complexity index is 380. The highest BCUT2D eigenvalue weighted by molar-refractivity contribution is 5.75. The predicted octanol–water partition coefficient (Wildman–Crippen LogP) is 1.62. The van der Waals surface area contributed by atoms with Gasteiger partial charge in [-0.25, -0.2) is 0 Å². The quantitative estimate of drug-likeness (QED) is 0.430. The third-order valence-corrected chi connectivity index (χ3v) is 2.22. The smallest absolute Gasteiger partial charge is 0.400 e. The summed E-state index contributed by atoms with van der Waals surface area (Å²) in [4.78, 5) is 9.77. The summed E-state index contributed by atoms with van der Waals surface area (Å²) in [7, 11) is 0. The number of nitro groups is 1. The SMILES string of the molecule is O=[N+]([O-])c1ccc(/C=N/N2CCCC2)o1. The molecule has 6 nitrogen and oxygen atoms in total. The van der Waals surface area contributed by atoms with Crippen molar-refractivity contribution in [1.29, 1.82) is 0 Å². The number of hydrazone groups is 1. The minimum Gasteiger partial charge on any atom is -0.400 e. The number of hydrogen-bond donors (Lipinski definition) is 0. The van der Waals surface area contributed by atoms with Crippen molar-refractivity contribution < 1.29 is 9.34 Å². The fraction of sp³-hybridized carbons (Fsp3) is 0.444. The Balaban J connectivity index is 2.00. The largest absolute Gasteiger partial charge is 0.433 e. The molecular weight excluding hydrogens is 198 g/mol. The van der Waals surface area contributed by atoms with Gasteiger partial charge < -0.3 is 4.42 Å². The van der Waals surface area contributed by atoms with Crippen LogP contribution in [-0.2, 0) is 0 Å². The summed E-state index contributed by atoms with van der Waals surface area (Å²) in [5.74, 6) is 0.159. The second kappa shape index (κ2) is 4.12. The lowest BCUT2D eigenvalue weighted by molar-refractivity contribution is -0.402. The van der Waals surface area contributed by atoms with E-state index in [4.69, 9.17) is 4.42 Å². The first-order valence-electron chi connectivity index (χ1n) is 4.79. The van der Waals surface area contributed by atoms with Crippen molar-refractivity contribution >= 4 is 12.1 Å². The van der Waals surface area contributed by atoms with Crippen LogP contribution in [0.4, 0.5) is 5.88 Å². The molecule has 0 amide bonds. The van der Waals surface area contributed by atoms with Crippen LogP contribution in [0.2, 0.25) is 0 Å². The van der Waals surface area contributed by atoms with Crippen LogP contribution in [0.25, 0.3) is 0 Å². The lowest BCUT2D eigenvalue weighted by atomic mass is 10.4. The number of hydrogen-bond acceptors (Lipinski definition) is 5. The molecular formula is C9H11N3O3. The van der Waals surface area contributed by atoms with Gasteiger partial charge in [-0.2, -0.15) is 5.10 Å². The molecule has 15 heavy (non-hydrogen) atoms. The van der Waals surface area contributed by atoms with E-state index in [-0.39, 0.29) is 5.88 Å². The third-order valence-electron chi connectivity index (χ3n) is 2.22. The summed E-state index contributed by atoms with van der Waals surface area (Å²) >= 11 is 0. The van der Waals surface area contributed by atoms with Gasteiger partial charge in [0, 0.05) is 13.1 Å². The maximum atomic E-state index is 10.3. The Labute approximate surface area is 86.3 Å². The van der Waals surface area contributed by atoms with Crippen LogP contribution in [0.15, 0.2) is 21.7 Å². The summed E-state index contributed by atoms with van der Waals surface area (Å²) in [6, 6.07) is 2.86. The lowest BCUT2D eigenvalue weighted by Crippen LogP contribution is -2.11. The summed E-state index contributed by atoms with van der Waals surface area (Å²) in [6.07, 6.45) is 3.81. The van der Waals surface area contributed by atoms with Crippen LogP contribution >= 0.6 is 0 Å². The zero-order valence-corrected chi connectivity index (χ0v) is 8.13. The Morgan fingerprint density at radius 2 is 2.20 bits per heavy atom. The molecule has 1 aromatic rings. The van der Waals surface area contributed by atoms with Crippen molar-refractivity contribution in [3.8, 4) is 0 Å². The molecule has 0 unspecified atom stereocenters. The Hall–Kier alpha value is -1.85. The Kier molecular flexibility index (Phi) is 2.66. The number of furan rings is 1. The van der Waals surface area contributed by atoms with Crippen LogP contribution in [0.5, 0.6) is 0 Å². The van der Waals surface area contributed by atoms with Crippen molar-refractivity contribution in [2.24, 2.45) is 5.10 Å². The van der Waals surface area contributed by atoms with Gasteiger partial charge in [0.2, 0.25) is 0 Å². The molecule has 0 N–H and O–H groups in total. The van der Waals surface area contributed by atoms with E-state index in [1.165, 1.54) is 18.3 Å². The van der Waals surface area contributed by atoms with E-state index in [2.05, 4.69) is 5.10 Å². The molecule has 0 spiro atoms. The molecule has 6 heteroatoms. The molecule has 1 aromatic heterocycles. The average Bonchev–Trinajstić information content (AvgIpc) is 2.86. The first-order valence-corrected chi connectivity index (χ1v) is 4.79. The van der Waals surface area contributed by atoms with Gasteiger partial charge in [-0.1, -0.05) is 0 Å². The molecule has 0 bridgehead atoms. The molecule has 0 radical (unpaired) electrons. The van der Waals surface area contributed by atoms with Crippen molar-refractivity contribution in [2.45, 2.75) is 12.8 Å². The van der Waals surface area contributed by atoms with E-state index in [0.717, 1.165) is 25.9 Å². The normalized spacial score (nSPS) is 16.4. The lowest BCUT2D eigenvalue weighted by Gasteiger charge is -2.07. The van der Waals surface area contributed by atoms with Crippen LogP contribution < -0.4 is 0 Å². The van der Waals surface area contributed by atoms with Gasteiger partial charge in [0.1, 0.15) is 4.92 Å². The molecule has 0 atom stereocenters. The van der Waals surface area contributed by atoms with Gasteiger partial charge in [0.25, 0.3) is 0 Å². The highest BCUT2D eigenvalue weighted by Crippen LogP contribution is 2.14. The molecule has 0 aromatic carbocycles. The second-order valence-electron chi connectivity index (χ2n) is 3.34. The highest BCUT2D eigenvalue weighted by atomic mass is 16.6. The summed E-state index contributed by atoms with van der Waals surface area (Å²) in [5.41, 5.74) is 0. The summed E-state index contributed by atoms with van der Waals surface area (Å²) in [6.45, 7) is 1.89. The third kappa shape index (κ3) is 2.34. The van der Waals surface area contributed by atoms with Gasteiger partial charge >= 0.3 is 5.88 Å². The van der Waals surface area contributed by atoms with E-state index in [9.17, 15) is 10.1 Å². The van der Waals surface area contributed by atoms with E-state index in [0.29, 0.717) is 5.76 Å². The second-order valence-corrected chi connectivity index (χ2v) is 3.34. The molecule has 1 aliphatic heterocycles. The number of nitrogens with zero attached hydrogens (tertiary/aromatic N) is 3. The Morgan fingerprint density at radius 1 is 1.47 bits per heavy atom. The molecule has 1 fully saturated rings. The fourth-order valence-electron chi connectivity index (χ4n) is 1.46. The zero-order valence-electron chi connectivity index (χ0n) is 8.13. The van der Waals surface area contributed by atoms with Gasteiger partial charge in [-0.15, -0.1) is 0 Å². The van der Waals surface area contributed by atoms with Crippen LogP contribution in [0, 0.1) is 10.1 Å². The Morgan fingerprint density at radius 3 is 2.80 bits per heavy atom. The molecule has 1 aliphatic rings. The number of rotatable bonds is 3. The van der Waals surface area contributed by atoms with E-state index >= 15 is 0 Å². The predicted molar refractivity (Wildman–Crippen MR) is 53.8 cm³/mol. The van der Waals surface area contributed by atoms with Crippen molar-refractivity contribution in [3.05, 3.63) is 28.0 Å². The standard InChI is InChI=1S/C9H11N3O3/c13-12(14)9-4-3-8(15-9)7-10-11-5-1-2-6-11/h3-4,7H,1-2,5-6H2/b10-7+. The van der Waals surface area contributed by atoms with E-state index in [1.807, 2.05) is 5.01 Å². The van der Waals surface area contributed by atoms with Crippen LogP contribution in [0.3, 0.4) is 0 Å². The van der Waals surface area contributed by atoms with Gasteiger partial charge in [0.05, 0.1) is 12.3 Å². The van der Waals surface area contributed by atoms with Crippen LogP contribution in [-0.4, -0.2) is 29.2 Å². The van der Waals surface area contributed by atoms with Gasteiger partial charge in [-0.05, 0) is 18.9 Å². The molecule has 80 valence electrons. The average molecular weight is 209 g/mol. The molecule has 0 saturated carbocycles. The summed E-state index contributed by atoms with van der Waals surface area (Å²) < 4.78 is 4.93. The molecule has 0 aliphatic carbocycles. The van der Waals surface area contributed by atoms with Crippen LogP contribution in [0.1, 0.15) is 18.6 Å².